The zero-order chi connectivity index (χ0) is 14.3. The fourth-order valence-corrected chi connectivity index (χ4v) is 2.84. The molecule has 1 atom stereocenters. The molecular formula is C12H22N2O4S. The Labute approximate surface area is 117 Å². The molecule has 2 amide bonds. The van der Waals surface area contributed by atoms with Crippen LogP contribution in [0.15, 0.2) is 0 Å². The molecule has 19 heavy (non-hydrogen) atoms. The average molecular weight is 290 g/mol. The number of hydrogen-bond donors (Lipinski definition) is 2. The van der Waals surface area contributed by atoms with E-state index >= 15 is 0 Å². The highest BCUT2D eigenvalue weighted by atomic mass is 32.2. The van der Waals surface area contributed by atoms with Crippen molar-refractivity contribution in [3.63, 3.8) is 0 Å². The van der Waals surface area contributed by atoms with Crippen LogP contribution in [0.25, 0.3) is 0 Å². The summed E-state index contributed by atoms with van der Waals surface area (Å²) in [6.07, 6.45) is 1.94. The first-order chi connectivity index (χ1) is 9.02. The number of carboxylic acid groups (broad SMARTS) is 1. The predicted molar refractivity (Wildman–Crippen MR) is 74.3 cm³/mol. The quantitative estimate of drug-likeness (QED) is 0.692. The number of carboxylic acids is 1. The van der Waals surface area contributed by atoms with E-state index in [1.807, 2.05) is 13.8 Å². The average Bonchev–Trinajstić information content (AvgIpc) is 2.82. The molecule has 0 aromatic carbocycles. The summed E-state index contributed by atoms with van der Waals surface area (Å²) in [5.41, 5.74) is 0. The van der Waals surface area contributed by atoms with Crippen LogP contribution in [0.3, 0.4) is 0 Å². The molecule has 1 rings (SSSR count). The fourth-order valence-electron chi connectivity index (χ4n) is 1.69. The third-order valence-corrected chi connectivity index (χ3v) is 3.74. The number of carbonyl (C=O) groups is 2. The molecule has 1 unspecified atom stereocenters. The minimum Gasteiger partial charge on any atom is -0.480 e. The molecule has 1 heterocycles. The van der Waals surface area contributed by atoms with Crippen LogP contribution in [0.5, 0.6) is 0 Å². The third kappa shape index (κ3) is 5.69. The summed E-state index contributed by atoms with van der Waals surface area (Å²) < 4.78 is 5.39. The minimum absolute atomic E-state index is 0.229. The topological polar surface area (TPSA) is 78.9 Å². The van der Waals surface area contributed by atoms with E-state index in [1.165, 1.54) is 16.7 Å². The highest BCUT2D eigenvalue weighted by Gasteiger charge is 2.34. The van der Waals surface area contributed by atoms with Crippen LogP contribution in [-0.2, 0) is 9.53 Å². The molecule has 6 nitrogen and oxygen atoms in total. The normalized spacial score (nSPS) is 18.9. The van der Waals surface area contributed by atoms with E-state index < -0.39 is 12.0 Å². The van der Waals surface area contributed by atoms with Crippen molar-refractivity contribution in [1.82, 2.24) is 10.2 Å². The standard InChI is InChI=1S/C12H22N2O4S/c1-9(2)18-6-4-3-5-13-12(17)14-8-19-7-10(14)11(15)16/h9-10H,3-8H2,1-2H3,(H,13,17)(H,15,16). The maximum Gasteiger partial charge on any atom is 0.327 e. The first-order valence-corrected chi connectivity index (χ1v) is 7.64. The first kappa shape index (κ1) is 16.1. The van der Waals surface area contributed by atoms with E-state index in [1.54, 1.807) is 0 Å². The van der Waals surface area contributed by atoms with Crippen molar-refractivity contribution in [2.24, 2.45) is 0 Å². The second-order valence-electron chi connectivity index (χ2n) is 4.68. The molecule has 0 aromatic heterocycles. The molecule has 1 fully saturated rings. The summed E-state index contributed by atoms with van der Waals surface area (Å²) in [6, 6.07) is -0.989. The SMILES string of the molecule is CC(C)OCCCCNC(=O)N1CSCC1C(=O)O. The van der Waals surface area contributed by atoms with Crippen LogP contribution in [0.1, 0.15) is 26.7 Å². The Morgan fingerprint density at radius 2 is 2.21 bits per heavy atom. The van der Waals surface area contributed by atoms with Crippen LogP contribution < -0.4 is 5.32 Å². The van der Waals surface area contributed by atoms with E-state index in [2.05, 4.69) is 5.32 Å². The molecular weight excluding hydrogens is 268 g/mol. The van der Waals surface area contributed by atoms with Gasteiger partial charge < -0.3 is 20.1 Å². The Morgan fingerprint density at radius 3 is 2.84 bits per heavy atom. The van der Waals surface area contributed by atoms with Gasteiger partial charge in [0.15, 0.2) is 0 Å². The van der Waals surface area contributed by atoms with Crippen molar-refractivity contribution in [1.29, 1.82) is 0 Å². The minimum atomic E-state index is -0.939. The van der Waals surface area contributed by atoms with Crippen molar-refractivity contribution in [3.05, 3.63) is 0 Å². The molecule has 7 heteroatoms. The number of thioether (sulfide) groups is 1. The number of urea groups is 1. The highest BCUT2D eigenvalue weighted by molar-refractivity contribution is 7.99. The van der Waals surface area contributed by atoms with E-state index in [9.17, 15) is 9.59 Å². The number of carbonyl (C=O) groups excluding carboxylic acids is 1. The summed E-state index contributed by atoms with van der Waals surface area (Å²) in [7, 11) is 0. The van der Waals surface area contributed by atoms with Crippen LogP contribution in [-0.4, -0.2) is 58.9 Å². The van der Waals surface area contributed by atoms with Crippen LogP contribution in [0.4, 0.5) is 4.79 Å². The van der Waals surface area contributed by atoms with Crippen molar-refractivity contribution in [3.8, 4) is 0 Å². The Morgan fingerprint density at radius 1 is 1.47 bits per heavy atom. The van der Waals surface area contributed by atoms with Gasteiger partial charge in [-0.15, -0.1) is 11.8 Å². The second-order valence-corrected chi connectivity index (χ2v) is 5.68. The number of nitrogens with zero attached hydrogens (tertiary/aromatic N) is 1. The lowest BCUT2D eigenvalue weighted by atomic mass is 10.3. The van der Waals surface area contributed by atoms with Crippen LogP contribution >= 0.6 is 11.8 Å². The van der Waals surface area contributed by atoms with Crippen LogP contribution in [0.2, 0.25) is 0 Å². The summed E-state index contributed by atoms with van der Waals surface area (Å²) in [5, 5.41) is 11.7. The Bertz CT molecular complexity index is 312. The molecule has 1 aliphatic heterocycles. The van der Waals surface area contributed by atoms with Crippen molar-refractivity contribution in [2.45, 2.75) is 38.8 Å². The number of unbranched alkanes of at least 4 members (excludes halogenated alkanes) is 1. The summed E-state index contributed by atoms with van der Waals surface area (Å²) in [6.45, 7) is 5.20. The molecule has 110 valence electrons. The van der Waals surface area contributed by atoms with E-state index in [-0.39, 0.29) is 12.1 Å². The monoisotopic (exact) mass is 290 g/mol. The molecule has 1 aliphatic rings. The third-order valence-electron chi connectivity index (χ3n) is 2.73. The van der Waals surface area contributed by atoms with Gasteiger partial charge in [-0.25, -0.2) is 9.59 Å². The van der Waals surface area contributed by atoms with Gasteiger partial charge in [-0.05, 0) is 26.7 Å². The van der Waals surface area contributed by atoms with Gasteiger partial charge in [-0.3, -0.25) is 0 Å². The van der Waals surface area contributed by atoms with Gasteiger partial charge in [0.2, 0.25) is 0 Å². The van der Waals surface area contributed by atoms with E-state index in [4.69, 9.17) is 9.84 Å². The Kier molecular flexibility index (Phi) is 7.01. The molecule has 0 aromatic rings. The van der Waals surface area contributed by atoms with Gasteiger partial charge in [-0.1, -0.05) is 0 Å². The van der Waals surface area contributed by atoms with Gasteiger partial charge in [0.05, 0.1) is 12.0 Å². The second kappa shape index (κ2) is 8.27. The van der Waals surface area contributed by atoms with Crippen molar-refractivity contribution in [2.75, 3.05) is 24.8 Å². The number of ether oxygens (including phenoxy) is 1. The van der Waals surface area contributed by atoms with Gasteiger partial charge in [0.25, 0.3) is 0 Å². The molecule has 0 bridgehead atoms. The fraction of sp³-hybridized carbons (Fsp3) is 0.833. The van der Waals surface area contributed by atoms with Gasteiger partial charge >= 0.3 is 12.0 Å². The molecule has 0 aliphatic carbocycles. The van der Waals surface area contributed by atoms with Crippen LogP contribution in [0, 0.1) is 0 Å². The van der Waals surface area contributed by atoms with Crippen molar-refractivity contribution >= 4 is 23.8 Å². The molecule has 0 radical (unpaired) electrons. The number of amides is 2. The molecule has 0 saturated carbocycles. The Balaban J connectivity index is 2.15. The molecule has 1 saturated heterocycles. The number of rotatable bonds is 7. The summed E-state index contributed by atoms with van der Waals surface area (Å²) >= 11 is 1.46. The molecule has 0 spiro atoms. The number of aliphatic carboxylic acids is 1. The van der Waals surface area contributed by atoms with Gasteiger partial charge in [0.1, 0.15) is 6.04 Å². The van der Waals surface area contributed by atoms with Crippen molar-refractivity contribution < 1.29 is 19.4 Å². The smallest absolute Gasteiger partial charge is 0.327 e. The van der Waals surface area contributed by atoms with E-state index in [0.29, 0.717) is 24.8 Å². The van der Waals surface area contributed by atoms with Gasteiger partial charge in [-0.2, -0.15) is 0 Å². The lowest BCUT2D eigenvalue weighted by molar-refractivity contribution is -0.140. The van der Waals surface area contributed by atoms with E-state index in [0.717, 1.165) is 12.8 Å². The molecule has 2 N–H and O–H groups in total. The summed E-state index contributed by atoms with van der Waals surface area (Å²) in [5.74, 6) is -0.0324. The lowest BCUT2D eigenvalue weighted by Crippen LogP contribution is -2.47. The number of nitrogens with one attached hydrogen (secondary N) is 1. The largest absolute Gasteiger partial charge is 0.480 e. The maximum atomic E-state index is 11.8. The zero-order valence-corrected chi connectivity index (χ0v) is 12.2. The number of hydrogen-bond acceptors (Lipinski definition) is 4. The predicted octanol–water partition coefficient (Wildman–Crippen LogP) is 1.36. The first-order valence-electron chi connectivity index (χ1n) is 6.49. The Hall–Kier alpha value is -0.950. The maximum absolute atomic E-state index is 11.8. The highest BCUT2D eigenvalue weighted by Crippen LogP contribution is 2.20. The van der Waals surface area contributed by atoms with Gasteiger partial charge in [0, 0.05) is 18.9 Å². The lowest BCUT2D eigenvalue weighted by Gasteiger charge is -2.20. The zero-order valence-electron chi connectivity index (χ0n) is 11.4. The summed E-state index contributed by atoms with van der Waals surface area (Å²) in [4.78, 5) is 24.1.